The zero-order chi connectivity index (χ0) is 16.8. The van der Waals surface area contributed by atoms with E-state index in [1.54, 1.807) is 26.3 Å². The third-order valence-electron chi connectivity index (χ3n) is 3.70. The number of ether oxygens (including phenoxy) is 3. The molecular formula is C16H21NO6. The Morgan fingerprint density at radius 3 is 2.52 bits per heavy atom. The second-order valence-electron chi connectivity index (χ2n) is 5.29. The van der Waals surface area contributed by atoms with Crippen LogP contribution in [0.5, 0.6) is 11.5 Å². The molecule has 0 unspecified atom stereocenters. The van der Waals surface area contributed by atoms with Crippen LogP contribution in [0.2, 0.25) is 0 Å². The van der Waals surface area contributed by atoms with Gasteiger partial charge in [-0.05, 0) is 25.0 Å². The molecule has 0 saturated carbocycles. The van der Waals surface area contributed by atoms with Crippen molar-refractivity contribution < 1.29 is 28.9 Å². The number of rotatable bonds is 7. The fourth-order valence-corrected chi connectivity index (χ4v) is 2.39. The van der Waals surface area contributed by atoms with Crippen molar-refractivity contribution in [2.45, 2.75) is 25.0 Å². The number of likely N-dealkylation sites (N-methyl/N-ethyl adjacent to an activating group) is 1. The Hall–Kier alpha value is -2.28. The number of benzene rings is 1. The number of nitrogens with zero attached hydrogens (tertiary/aromatic N) is 1. The molecule has 0 radical (unpaired) electrons. The van der Waals surface area contributed by atoms with Crippen LogP contribution < -0.4 is 9.47 Å². The number of amides is 1. The van der Waals surface area contributed by atoms with Crippen LogP contribution in [0.25, 0.3) is 0 Å². The number of hydrogen-bond acceptors (Lipinski definition) is 5. The SMILES string of the molecule is COc1ccccc1OCCN(C)C(=O)[C@@H]1CC[C@H](C(=O)O)O1. The van der Waals surface area contributed by atoms with E-state index in [0.717, 1.165) is 0 Å². The number of hydrogen-bond donors (Lipinski definition) is 1. The number of carboxylic acid groups (broad SMARTS) is 1. The lowest BCUT2D eigenvalue weighted by molar-refractivity contribution is -0.154. The maximum Gasteiger partial charge on any atom is 0.332 e. The zero-order valence-corrected chi connectivity index (χ0v) is 13.2. The summed E-state index contributed by atoms with van der Waals surface area (Å²) in [5, 5.41) is 8.89. The van der Waals surface area contributed by atoms with E-state index in [2.05, 4.69) is 0 Å². The summed E-state index contributed by atoms with van der Waals surface area (Å²) in [5.74, 6) is -0.0105. The van der Waals surface area contributed by atoms with Gasteiger partial charge in [-0.25, -0.2) is 4.79 Å². The Morgan fingerprint density at radius 1 is 1.26 bits per heavy atom. The molecule has 7 heteroatoms. The van der Waals surface area contributed by atoms with Crippen LogP contribution in [0.4, 0.5) is 0 Å². The molecule has 0 aliphatic carbocycles. The van der Waals surface area contributed by atoms with Gasteiger partial charge in [0.25, 0.3) is 5.91 Å². The zero-order valence-electron chi connectivity index (χ0n) is 13.2. The minimum atomic E-state index is -1.03. The number of carbonyl (C=O) groups excluding carboxylic acids is 1. The lowest BCUT2D eigenvalue weighted by Crippen LogP contribution is -2.39. The molecular weight excluding hydrogens is 302 g/mol. The molecule has 1 fully saturated rings. The van der Waals surface area contributed by atoms with Crippen LogP contribution in [0.15, 0.2) is 24.3 Å². The first-order chi connectivity index (χ1) is 11.0. The summed E-state index contributed by atoms with van der Waals surface area (Å²) in [6, 6.07) is 7.27. The molecule has 1 aromatic rings. The fourth-order valence-electron chi connectivity index (χ4n) is 2.39. The normalized spacial score (nSPS) is 20.1. The lowest BCUT2D eigenvalue weighted by Gasteiger charge is -2.21. The van der Waals surface area contributed by atoms with E-state index in [0.29, 0.717) is 37.5 Å². The van der Waals surface area contributed by atoms with Gasteiger partial charge < -0.3 is 24.2 Å². The molecule has 2 atom stereocenters. The Bertz CT molecular complexity index is 561. The maximum absolute atomic E-state index is 12.2. The third kappa shape index (κ3) is 4.35. The molecule has 1 saturated heterocycles. The number of carboxylic acids is 1. The monoisotopic (exact) mass is 323 g/mol. The van der Waals surface area contributed by atoms with Crippen molar-refractivity contribution in [3.8, 4) is 11.5 Å². The van der Waals surface area contributed by atoms with Gasteiger partial charge in [-0.15, -0.1) is 0 Å². The standard InChI is InChI=1S/C16H21NO6/c1-17(15(18)13-7-8-14(23-13)16(19)20)9-10-22-12-6-4-3-5-11(12)21-2/h3-6,13-14H,7-10H2,1-2H3,(H,19,20)/t13-,14+/m0/s1. The van der Waals surface area contributed by atoms with Crippen molar-refractivity contribution in [1.29, 1.82) is 0 Å². The summed E-state index contributed by atoms with van der Waals surface area (Å²) in [7, 11) is 3.21. The summed E-state index contributed by atoms with van der Waals surface area (Å²) < 4.78 is 16.1. The molecule has 0 spiro atoms. The fraction of sp³-hybridized carbons (Fsp3) is 0.500. The quantitative estimate of drug-likeness (QED) is 0.810. The van der Waals surface area contributed by atoms with E-state index in [4.69, 9.17) is 19.3 Å². The Labute approximate surface area is 134 Å². The van der Waals surface area contributed by atoms with Gasteiger partial charge in [-0.3, -0.25) is 4.79 Å². The average molecular weight is 323 g/mol. The summed E-state index contributed by atoms with van der Waals surface area (Å²) in [6.07, 6.45) is -0.792. The lowest BCUT2D eigenvalue weighted by atomic mass is 10.2. The van der Waals surface area contributed by atoms with Gasteiger partial charge in [-0.1, -0.05) is 12.1 Å². The van der Waals surface area contributed by atoms with Crippen molar-refractivity contribution in [1.82, 2.24) is 4.90 Å². The molecule has 2 rings (SSSR count). The second-order valence-corrected chi connectivity index (χ2v) is 5.29. The molecule has 1 amide bonds. The van der Waals surface area contributed by atoms with Crippen molar-refractivity contribution in [3.63, 3.8) is 0 Å². The van der Waals surface area contributed by atoms with Crippen molar-refractivity contribution in [2.24, 2.45) is 0 Å². The maximum atomic E-state index is 12.2. The number of para-hydroxylation sites is 2. The molecule has 1 aliphatic rings. The van der Waals surface area contributed by atoms with E-state index < -0.39 is 18.2 Å². The first-order valence-corrected chi connectivity index (χ1v) is 7.42. The van der Waals surface area contributed by atoms with Gasteiger partial charge in [0.15, 0.2) is 17.6 Å². The second kappa shape index (κ2) is 7.82. The number of carbonyl (C=O) groups is 2. The molecule has 0 aromatic heterocycles. The molecule has 1 heterocycles. The van der Waals surface area contributed by atoms with Gasteiger partial charge >= 0.3 is 5.97 Å². The smallest absolute Gasteiger partial charge is 0.332 e. The summed E-state index contributed by atoms with van der Waals surface area (Å²) in [6.45, 7) is 0.673. The van der Waals surface area contributed by atoms with Crippen molar-refractivity contribution in [2.75, 3.05) is 27.3 Å². The average Bonchev–Trinajstić information content (AvgIpc) is 3.04. The first kappa shape index (κ1) is 17.1. The predicted molar refractivity (Wildman–Crippen MR) is 81.7 cm³/mol. The molecule has 1 N–H and O–H groups in total. The summed E-state index contributed by atoms with van der Waals surface area (Å²) >= 11 is 0. The van der Waals surface area contributed by atoms with E-state index in [1.807, 2.05) is 12.1 Å². The Morgan fingerprint density at radius 2 is 1.91 bits per heavy atom. The van der Waals surface area contributed by atoms with Crippen LogP contribution in [0, 0.1) is 0 Å². The highest BCUT2D eigenvalue weighted by Gasteiger charge is 2.35. The van der Waals surface area contributed by atoms with Gasteiger partial charge in [0.1, 0.15) is 12.7 Å². The summed E-state index contributed by atoms with van der Waals surface area (Å²) in [5.41, 5.74) is 0. The van der Waals surface area contributed by atoms with E-state index in [1.165, 1.54) is 4.90 Å². The van der Waals surface area contributed by atoms with Crippen LogP contribution in [0.3, 0.4) is 0 Å². The topological polar surface area (TPSA) is 85.3 Å². The summed E-state index contributed by atoms with van der Waals surface area (Å²) in [4.78, 5) is 24.5. The van der Waals surface area contributed by atoms with Crippen molar-refractivity contribution in [3.05, 3.63) is 24.3 Å². The van der Waals surface area contributed by atoms with Gasteiger partial charge in [0.2, 0.25) is 0 Å². The molecule has 1 aliphatic heterocycles. The van der Waals surface area contributed by atoms with Crippen molar-refractivity contribution >= 4 is 11.9 Å². The van der Waals surface area contributed by atoms with Crippen LogP contribution >= 0.6 is 0 Å². The third-order valence-corrected chi connectivity index (χ3v) is 3.70. The predicted octanol–water partition coefficient (Wildman–Crippen LogP) is 1.16. The first-order valence-electron chi connectivity index (χ1n) is 7.42. The minimum absolute atomic E-state index is 0.225. The highest BCUT2D eigenvalue weighted by molar-refractivity contribution is 5.82. The van der Waals surface area contributed by atoms with Crippen LogP contribution in [0.1, 0.15) is 12.8 Å². The molecule has 0 bridgehead atoms. The molecule has 126 valence electrons. The molecule has 7 nitrogen and oxygen atoms in total. The van der Waals surface area contributed by atoms with E-state index >= 15 is 0 Å². The minimum Gasteiger partial charge on any atom is -0.493 e. The number of aliphatic carboxylic acids is 1. The van der Waals surface area contributed by atoms with E-state index in [-0.39, 0.29) is 5.91 Å². The van der Waals surface area contributed by atoms with Gasteiger partial charge in [0, 0.05) is 7.05 Å². The van der Waals surface area contributed by atoms with Crippen LogP contribution in [-0.4, -0.2) is 61.4 Å². The van der Waals surface area contributed by atoms with Crippen LogP contribution in [-0.2, 0) is 14.3 Å². The molecule has 23 heavy (non-hydrogen) atoms. The Balaban J connectivity index is 1.79. The molecule has 1 aromatic carbocycles. The number of methoxy groups -OCH3 is 1. The largest absolute Gasteiger partial charge is 0.493 e. The van der Waals surface area contributed by atoms with Gasteiger partial charge in [-0.2, -0.15) is 0 Å². The van der Waals surface area contributed by atoms with E-state index in [9.17, 15) is 9.59 Å². The Kier molecular flexibility index (Phi) is 5.81. The highest BCUT2D eigenvalue weighted by Crippen LogP contribution is 2.25. The van der Waals surface area contributed by atoms with Gasteiger partial charge in [0.05, 0.1) is 13.7 Å². The highest BCUT2D eigenvalue weighted by atomic mass is 16.5.